The van der Waals surface area contributed by atoms with Crippen LogP contribution >= 0.6 is 0 Å². The summed E-state index contributed by atoms with van der Waals surface area (Å²) in [6.45, 7) is 4.75. The molecule has 184 valence electrons. The van der Waals surface area contributed by atoms with E-state index in [0.717, 1.165) is 18.4 Å². The molecule has 1 aliphatic rings. The minimum absolute atomic E-state index is 0.00299. The molecule has 2 aromatic rings. The Hall–Kier alpha value is -2.85. The molecular formula is C25H31NO8. The minimum Gasteiger partial charge on any atom is -0.459 e. The number of nitrogens with zero attached hydrogens (tertiary/aromatic N) is 1. The van der Waals surface area contributed by atoms with E-state index in [9.17, 15) is 14.9 Å². The van der Waals surface area contributed by atoms with E-state index in [4.69, 9.17) is 23.7 Å². The molecular weight excluding hydrogens is 442 g/mol. The van der Waals surface area contributed by atoms with E-state index in [1.54, 1.807) is 0 Å². The number of epoxide rings is 1. The molecule has 3 rings (SSSR count). The van der Waals surface area contributed by atoms with Gasteiger partial charge in [-0.25, -0.2) is 4.79 Å². The van der Waals surface area contributed by atoms with Crippen molar-refractivity contribution < 1.29 is 33.4 Å². The predicted molar refractivity (Wildman–Crippen MR) is 124 cm³/mol. The van der Waals surface area contributed by atoms with Crippen LogP contribution in [0.1, 0.15) is 35.7 Å². The molecule has 0 saturated carbocycles. The lowest BCUT2D eigenvalue weighted by atomic mass is 10.1. The van der Waals surface area contributed by atoms with E-state index in [0.29, 0.717) is 33.0 Å². The van der Waals surface area contributed by atoms with Gasteiger partial charge in [-0.15, -0.1) is 0 Å². The maximum atomic E-state index is 12.1. The summed E-state index contributed by atoms with van der Waals surface area (Å²) in [5.41, 5.74) is 1.30. The second kappa shape index (κ2) is 13.8. The largest absolute Gasteiger partial charge is 0.459 e. The third kappa shape index (κ3) is 8.83. The Morgan fingerprint density at radius 3 is 2.53 bits per heavy atom. The second-order valence-electron chi connectivity index (χ2n) is 7.88. The molecule has 3 atom stereocenters. The Kier molecular flexibility index (Phi) is 10.4. The maximum absolute atomic E-state index is 12.1. The van der Waals surface area contributed by atoms with Crippen molar-refractivity contribution in [2.75, 3.05) is 33.0 Å². The number of non-ortho nitro benzene ring substituents is 1. The first kappa shape index (κ1) is 25.8. The highest BCUT2D eigenvalue weighted by molar-refractivity contribution is 5.89. The summed E-state index contributed by atoms with van der Waals surface area (Å²) in [5, 5.41) is 10.7. The van der Waals surface area contributed by atoms with Crippen molar-refractivity contribution >= 4 is 11.7 Å². The number of nitro groups is 1. The van der Waals surface area contributed by atoms with Crippen LogP contribution in [0, 0.1) is 10.1 Å². The quantitative estimate of drug-likeness (QED) is 0.119. The summed E-state index contributed by atoms with van der Waals surface area (Å²) < 4.78 is 28.1. The van der Waals surface area contributed by atoms with Crippen molar-refractivity contribution in [1.29, 1.82) is 0 Å². The van der Waals surface area contributed by atoms with Gasteiger partial charge < -0.3 is 23.7 Å². The molecule has 0 spiro atoms. The smallest absolute Gasteiger partial charge is 0.338 e. The molecule has 1 fully saturated rings. The maximum Gasteiger partial charge on any atom is 0.338 e. The van der Waals surface area contributed by atoms with Crippen LogP contribution in [0.3, 0.4) is 0 Å². The molecule has 0 bridgehead atoms. The number of hydrogen-bond donors (Lipinski definition) is 0. The van der Waals surface area contributed by atoms with E-state index in [1.165, 1.54) is 24.3 Å². The topological polar surface area (TPSA) is 110 Å². The van der Waals surface area contributed by atoms with Gasteiger partial charge >= 0.3 is 5.97 Å². The molecule has 2 aromatic carbocycles. The third-order valence-corrected chi connectivity index (χ3v) is 5.35. The van der Waals surface area contributed by atoms with E-state index >= 15 is 0 Å². The Bertz CT molecular complexity index is 890. The fourth-order valence-corrected chi connectivity index (χ4v) is 3.41. The van der Waals surface area contributed by atoms with Gasteiger partial charge in [0.05, 0.1) is 49.1 Å². The monoisotopic (exact) mass is 473 g/mol. The summed E-state index contributed by atoms with van der Waals surface area (Å²) in [6.07, 6.45) is 1.26. The number of carbonyl (C=O) groups is 1. The molecule has 0 N–H and O–H groups in total. The number of carbonyl (C=O) groups excluding carboxylic acids is 1. The Morgan fingerprint density at radius 2 is 1.82 bits per heavy atom. The number of benzene rings is 2. The highest BCUT2D eigenvalue weighted by Gasteiger charge is 2.39. The first-order valence-corrected chi connectivity index (χ1v) is 11.4. The number of nitro benzene ring substituents is 1. The molecule has 1 heterocycles. The van der Waals surface area contributed by atoms with E-state index in [1.807, 2.05) is 37.3 Å². The van der Waals surface area contributed by atoms with Gasteiger partial charge in [0.2, 0.25) is 0 Å². The van der Waals surface area contributed by atoms with Gasteiger partial charge in [-0.2, -0.15) is 0 Å². The summed E-state index contributed by atoms with van der Waals surface area (Å²) >= 11 is 0. The van der Waals surface area contributed by atoms with Crippen LogP contribution < -0.4 is 0 Å². The van der Waals surface area contributed by atoms with Gasteiger partial charge in [0.25, 0.3) is 5.69 Å². The van der Waals surface area contributed by atoms with Gasteiger partial charge in [-0.05, 0) is 37.5 Å². The van der Waals surface area contributed by atoms with Crippen LogP contribution in [0.2, 0.25) is 0 Å². The molecule has 1 aliphatic heterocycles. The highest BCUT2D eigenvalue weighted by Crippen LogP contribution is 2.28. The number of esters is 1. The van der Waals surface area contributed by atoms with Gasteiger partial charge in [0.1, 0.15) is 12.7 Å². The van der Waals surface area contributed by atoms with Crippen molar-refractivity contribution in [3.05, 3.63) is 75.8 Å². The molecule has 9 heteroatoms. The fraction of sp³-hybridized carbons (Fsp3) is 0.480. The lowest BCUT2D eigenvalue weighted by Crippen LogP contribution is -2.23. The van der Waals surface area contributed by atoms with Crippen LogP contribution in [0.4, 0.5) is 5.69 Å². The van der Waals surface area contributed by atoms with E-state index in [-0.39, 0.29) is 36.2 Å². The van der Waals surface area contributed by atoms with Crippen LogP contribution in [0.15, 0.2) is 54.6 Å². The van der Waals surface area contributed by atoms with E-state index < -0.39 is 10.9 Å². The van der Waals surface area contributed by atoms with E-state index in [2.05, 4.69) is 0 Å². The molecule has 34 heavy (non-hydrogen) atoms. The Balaban J connectivity index is 1.36. The van der Waals surface area contributed by atoms with Gasteiger partial charge in [0.15, 0.2) is 0 Å². The van der Waals surface area contributed by atoms with Gasteiger partial charge in [0, 0.05) is 18.7 Å². The first-order chi connectivity index (χ1) is 16.6. The molecule has 0 amide bonds. The van der Waals surface area contributed by atoms with Crippen LogP contribution in [-0.4, -0.2) is 62.2 Å². The zero-order valence-corrected chi connectivity index (χ0v) is 19.3. The standard InChI is InChI=1S/C25H31NO8/c1-2-30-14-15-32-22(17-31-16-19-6-4-3-5-7-19)12-13-23-24(34-23)18-33-25(27)20-8-10-21(11-9-20)26(28)29/h3-11,22-24H,2,12-18H2,1H3/t22-,23+,24+/m1/s1. The molecule has 0 unspecified atom stereocenters. The van der Waals surface area contributed by atoms with Crippen LogP contribution in [0.25, 0.3) is 0 Å². The normalized spacial score (nSPS) is 17.8. The molecule has 0 aromatic heterocycles. The van der Waals surface area contributed by atoms with Crippen molar-refractivity contribution in [2.24, 2.45) is 0 Å². The number of hydrogen-bond acceptors (Lipinski definition) is 8. The third-order valence-electron chi connectivity index (χ3n) is 5.35. The average molecular weight is 474 g/mol. The summed E-state index contributed by atoms with van der Waals surface area (Å²) in [6, 6.07) is 15.3. The SMILES string of the molecule is CCOCCO[C@H](CC[C@@H]1O[C@H]1COC(=O)c1ccc([N+](=O)[O-])cc1)COCc1ccccc1. The average Bonchev–Trinajstić information content (AvgIpc) is 3.62. The Labute approximate surface area is 199 Å². The molecule has 0 radical (unpaired) electrons. The zero-order chi connectivity index (χ0) is 24.2. The second-order valence-corrected chi connectivity index (χ2v) is 7.88. The zero-order valence-electron chi connectivity index (χ0n) is 19.3. The van der Waals surface area contributed by atoms with Crippen LogP contribution in [0.5, 0.6) is 0 Å². The van der Waals surface area contributed by atoms with Crippen molar-refractivity contribution in [2.45, 2.75) is 44.7 Å². The summed E-state index contributed by atoms with van der Waals surface area (Å²) in [7, 11) is 0. The first-order valence-electron chi connectivity index (χ1n) is 11.4. The number of ether oxygens (including phenoxy) is 5. The van der Waals surface area contributed by atoms with Crippen molar-refractivity contribution in [3.63, 3.8) is 0 Å². The van der Waals surface area contributed by atoms with Gasteiger partial charge in [-0.3, -0.25) is 10.1 Å². The van der Waals surface area contributed by atoms with Gasteiger partial charge in [-0.1, -0.05) is 30.3 Å². The lowest BCUT2D eigenvalue weighted by Gasteiger charge is -2.18. The fourth-order valence-electron chi connectivity index (χ4n) is 3.41. The Morgan fingerprint density at radius 1 is 1.06 bits per heavy atom. The summed E-state index contributed by atoms with van der Waals surface area (Å²) in [4.78, 5) is 22.3. The molecule has 1 saturated heterocycles. The predicted octanol–water partition coefficient (Wildman–Crippen LogP) is 3.94. The lowest BCUT2D eigenvalue weighted by molar-refractivity contribution is -0.384. The number of rotatable bonds is 16. The highest BCUT2D eigenvalue weighted by atomic mass is 16.6. The van der Waals surface area contributed by atoms with Crippen LogP contribution in [-0.2, 0) is 30.3 Å². The molecule has 0 aliphatic carbocycles. The van der Waals surface area contributed by atoms with Crippen molar-refractivity contribution in [3.8, 4) is 0 Å². The minimum atomic E-state index is -0.532. The summed E-state index contributed by atoms with van der Waals surface area (Å²) in [5.74, 6) is -0.532. The van der Waals surface area contributed by atoms with Crippen molar-refractivity contribution in [1.82, 2.24) is 0 Å². The molecule has 9 nitrogen and oxygen atoms in total.